The molecule has 39 heavy (non-hydrogen) atoms. The quantitative estimate of drug-likeness (QED) is 0.172. The van der Waals surface area contributed by atoms with Crippen molar-refractivity contribution in [3.05, 3.63) is 77.6 Å². The monoisotopic (exact) mass is 523 g/mol. The molecule has 2 aromatic heterocycles. The average Bonchev–Trinajstić information content (AvgIpc) is 3.27. The lowest BCUT2D eigenvalue weighted by atomic mass is 10.1. The van der Waals surface area contributed by atoms with Crippen LogP contribution < -0.4 is 10.6 Å². The Morgan fingerprint density at radius 1 is 1.03 bits per heavy atom. The van der Waals surface area contributed by atoms with E-state index in [1.165, 1.54) is 4.90 Å². The van der Waals surface area contributed by atoms with E-state index in [2.05, 4.69) is 25.7 Å². The van der Waals surface area contributed by atoms with Crippen LogP contribution in [0.25, 0.3) is 22.2 Å². The van der Waals surface area contributed by atoms with Gasteiger partial charge in [0, 0.05) is 58.9 Å². The normalized spacial score (nSPS) is 11.1. The van der Waals surface area contributed by atoms with Gasteiger partial charge in [-0.3, -0.25) is 24.6 Å². The minimum Gasteiger partial charge on any atom is -0.348 e. The van der Waals surface area contributed by atoms with Crippen LogP contribution in [0.5, 0.6) is 0 Å². The van der Waals surface area contributed by atoms with Crippen molar-refractivity contribution in [2.45, 2.75) is 6.54 Å². The van der Waals surface area contributed by atoms with Gasteiger partial charge in [0.2, 0.25) is 5.96 Å². The number of nitrogens with zero attached hydrogens (tertiary/aromatic N) is 7. The first kappa shape index (κ1) is 26.8. The van der Waals surface area contributed by atoms with Gasteiger partial charge in [-0.15, -0.1) is 0 Å². The number of fused-ring (bicyclic) bond motifs is 1. The third kappa shape index (κ3) is 6.02. The molecule has 0 fully saturated rings. The number of pyridine rings is 1. The summed E-state index contributed by atoms with van der Waals surface area (Å²) in [6, 6.07) is 16.6. The van der Waals surface area contributed by atoms with Crippen molar-refractivity contribution in [3.8, 4) is 17.5 Å². The van der Waals surface area contributed by atoms with Crippen LogP contribution in [0.4, 0.5) is 5.69 Å². The highest BCUT2D eigenvalue weighted by molar-refractivity contribution is 6.05. The van der Waals surface area contributed by atoms with Gasteiger partial charge in [-0.1, -0.05) is 18.2 Å². The number of aryl methyl sites for hydroxylation is 1. The van der Waals surface area contributed by atoms with E-state index in [4.69, 9.17) is 5.26 Å². The number of rotatable bonds is 6. The third-order valence-corrected chi connectivity index (χ3v) is 5.99. The molecule has 0 aliphatic carbocycles. The van der Waals surface area contributed by atoms with E-state index in [0.717, 1.165) is 16.6 Å². The minimum atomic E-state index is -0.298. The molecule has 11 nitrogen and oxygen atoms in total. The fourth-order valence-corrected chi connectivity index (χ4v) is 3.91. The predicted octanol–water partition coefficient (Wildman–Crippen LogP) is 2.89. The molecule has 0 saturated heterocycles. The van der Waals surface area contributed by atoms with E-state index in [0.29, 0.717) is 40.5 Å². The number of amides is 2. The van der Waals surface area contributed by atoms with E-state index in [1.54, 1.807) is 63.1 Å². The summed E-state index contributed by atoms with van der Waals surface area (Å²) in [6.45, 7) is 0.306. The van der Waals surface area contributed by atoms with Gasteiger partial charge < -0.3 is 15.1 Å². The molecule has 4 aromatic rings. The summed E-state index contributed by atoms with van der Waals surface area (Å²) in [7, 11) is 8.76. The average molecular weight is 524 g/mol. The van der Waals surface area contributed by atoms with Crippen LogP contribution in [-0.2, 0) is 13.6 Å². The zero-order valence-corrected chi connectivity index (χ0v) is 22.4. The molecule has 0 spiro atoms. The fourth-order valence-electron chi connectivity index (χ4n) is 3.91. The van der Waals surface area contributed by atoms with Crippen LogP contribution in [0, 0.1) is 11.5 Å². The number of carbonyl (C=O) groups excluding carboxylic acids is 2. The van der Waals surface area contributed by atoms with Gasteiger partial charge in [0.05, 0.1) is 22.5 Å². The SMILES string of the molecule is CN(C)C(=O)c1ccc(-c2ccc3c(c2)c(C(=O)NCc2ccc(N=C(NC#N)N(C)C)cc2)nn3C)nc1. The van der Waals surface area contributed by atoms with Crippen molar-refractivity contribution < 1.29 is 9.59 Å². The van der Waals surface area contributed by atoms with Gasteiger partial charge in [-0.25, -0.2) is 4.99 Å². The molecular formula is C28H29N9O2. The lowest BCUT2D eigenvalue weighted by molar-refractivity contribution is 0.0826. The van der Waals surface area contributed by atoms with Crippen LogP contribution in [0.1, 0.15) is 26.4 Å². The van der Waals surface area contributed by atoms with Crippen molar-refractivity contribution in [1.82, 2.24) is 35.2 Å². The summed E-state index contributed by atoms with van der Waals surface area (Å²) in [5, 5.41) is 19.5. The zero-order valence-electron chi connectivity index (χ0n) is 22.4. The fraction of sp³-hybridized carbons (Fsp3) is 0.214. The number of carbonyl (C=O) groups is 2. The largest absolute Gasteiger partial charge is 0.348 e. The first-order chi connectivity index (χ1) is 18.7. The van der Waals surface area contributed by atoms with Gasteiger partial charge >= 0.3 is 0 Å². The molecule has 2 N–H and O–H groups in total. The summed E-state index contributed by atoms with van der Waals surface area (Å²) in [5.74, 6) is 0.00778. The summed E-state index contributed by atoms with van der Waals surface area (Å²) in [6.07, 6.45) is 3.42. The summed E-state index contributed by atoms with van der Waals surface area (Å²) in [4.78, 5) is 37.4. The highest BCUT2D eigenvalue weighted by Gasteiger charge is 2.17. The van der Waals surface area contributed by atoms with E-state index in [-0.39, 0.29) is 11.8 Å². The topological polar surface area (TPSA) is 132 Å². The van der Waals surface area contributed by atoms with Crippen LogP contribution >= 0.6 is 0 Å². The molecule has 0 aliphatic heterocycles. The second-order valence-electron chi connectivity index (χ2n) is 9.25. The van der Waals surface area contributed by atoms with E-state index in [1.807, 2.05) is 48.7 Å². The lowest BCUT2D eigenvalue weighted by Gasteiger charge is -2.13. The number of hydrogen-bond acceptors (Lipinski definition) is 6. The van der Waals surface area contributed by atoms with E-state index < -0.39 is 0 Å². The summed E-state index contributed by atoms with van der Waals surface area (Å²) in [5.41, 5.74) is 4.69. The van der Waals surface area contributed by atoms with E-state index >= 15 is 0 Å². The van der Waals surface area contributed by atoms with Crippen LogP contribution in [0.15, 0.2) is 65.8 Å². The summed E-state index contributed by atoms with van der Waals surface area (Å²) < 4.78 is 1.67. The van der Waals surface area contributed by atoms with Gasteiger partial charge in [-0.2, -0.15) is 10.4 Å². The Bertz CT molecular complexity index is 1580. The number of benzene rings is 2. The molecule has 0 radical (unpaired) electrons. The predicted molar refractivity (Wildman–Crippen MR) is 149 cm³/mol. The van der Waals surface area contributed by atoms with Crippen molar-refractivity contribution in [2.24, 2.45) is 12.0 Å². The standard InChI is InChI=1S/C28H29N9O2/c1-35(2)27(39)20-8-12-23(30-16-20)19-9-13-24-22(14-19)25(34-37(24)5)26(38)31-15-18-6-10-21(11-7-18)33-28(32-17-29)36(3)4/h6-14,16H,15H2,1-5H3,(H,31,38)(H,32,33). The first-order valence-corrected chi connectivity index (χ1v) is 12.1. The van der Waals surface area contributed by atoms with Crippen LogP contribution in [0.2, 0.25) is 0 Å². The first-order valence-electron chi connectivity index (χ1n) is 12.1. The third-order valence-electron chi connectivity index (χ3n) is 5.99. The summed E-state index contributed by atoms with van der Waals surface area (Å²) >= 11 is 0. The molecule has 2 aromatic carbocycles. The second-order valence-corrected chi connectivity index (χ2v) is 9.25. The van der Waals surface area contributed by atoms with Gasteiger partial charge in [0.25, 0.3) is 11.8 Å². The van der Waals surface area contributed by atoms with Gasteiger partial charge in [0.1, 0.15) is 0 Å². The van der Waals surface area contributed by atoms with Crippen molar-refractivity contribution in [3.63, 3.8) is 0 Å². The Balaban J connectivity index is 1.51. The Morgan fingerprint density at radius 3 is 2.38 bits per heavy atom. The van der Waals surface area contributed by atoms with Crippen LogP contribution in [0.3, 0.4) is 0 Å². The number of hydrogen-bond donors (Lipinski definition) is 2. The molecule has 2 heterocycles. The molecule has 2 amide bonds. The highest BCUT2D eigenvalue weighted by Crippen LogP contribution is 2.26. The van der Waals surface area contributed by atoms with Crippen molar-refractivity contribution >= 4 is 34.4 Å². The van der Waals surface area contributed by atoms with Crippen molar-refractivity contribution in [2.75, 3.05) is 28.2 Å². The van der Waals surface area contributed by atoms with E-state index in [9.17, 15) is 9.59 Å². The number of aromatic nitrogens is 3. The number of nitrogens with one attached hydrogen (secondary N) is 2. The molecule has 4 rings (SSSR count). The zero-order chi connectivity index (χ0) is 28.1. The Morgan fingerprint density at radius 2 is 1.77 bits per heavy atom. The molecule has 0 aliphatic rings. The smallest absolute Gasteiger partial charge is 0.272 e. The lowest BCUT2D eigenvalue weighted by Crippen LogP contribution is -2.32. The Hall–Kier alpha value is -5.24. The maximum absolute atomic E-state index is 13.1. The van der Waals surface area contributed by atoms with Crippen molar-refractivity contribution in [1.29, 1.82) is 5.26 Å². The van der Waals surface area contributed by atoms with Gasteiger partial charge in [-0.05, 0) is 42.0 Å². The molecule has 0 atom stereocenters. The molecule has 11 heteroatoms. The minimum absolute atomic E-state index is 0.118. The molecule has 0 saturated carbocycles. The van der Waals surface area contributed by atoms with Crippen LogP contribution in [-0.4, -0.2) is 70.5 Å². The molecule has 198 valence electrons. The highest BCUT2D eigenvalue weighted by atomic mass is 16.2. The molecule has 0 bridgehead atoms. The maximum Gasteiger partial charge on any atom is 0.272 e. The van der Waals surface area contributed by atoms with Gasteiger partial charge in [0.15, 0.2) is 11.9 Å². The molecular weight excluding hydrogens is 494 g/mol. The Kier molecular flexibility index (Phi) is 7.86. The molecule has 0 unspecified atom stereocenters. The number of aliphatic imine (C=N–C) groups is 1. The maximum atomic E-state index is 13.1. The second kappa shape index (κ2) is 11.4. The number of nitriles is 1. The Labute approximate surface area is 226 Å². The number of guanidine groups is 1.